The maximum Gasteiger partial charge on any atom is 0.414 e. The highest BCUT2D eigenvalue weighted by atomic mass is 16.6. The van der Waals surface area contributed by atoms with Gasteiger partial charge in [0.2, 0.25) is 0 Å². The van der Waals surface area contributed by atoms with Crippen LogP contribution < -0.4 is 14.4 Å². The standard InChI is InChI=1S/C17H21N5O4/c1-19-6-8-20(9-7-19)13-2-4-14(5-3-13)26-15-10-21-11-16(22(23)24)18-17(21)25-12-15/h2-5,11,15H,6-10,12H2,1H3/t15-/m0/s1. The number of imidazole rings is 1. The molecule has 1 aromatic heterocycles. The van der Waals surface area contributed by atoms with Crippen molar-refractivity contribution in [2.45, 2.75) is 12.6 Å². The zero-order valence-corrected chi connectivity index (χ0v) is 14.6. The molecule has 0 aliphatic carbocycles. The van der Waals surface area contributed by atoms with E-state index in [0.717, 1.165) is 31.9 Å². The van der Waals surface area contributed by atoms with E-state index in [1.165, 1.54) is 11.9 Å². The fourth-order valence-corrected chi connectivity index (χ4v) is 3.22. The molecule has 0 amide bonds. The minimum atomic E-state index is -0.526. The van der Waals surface area contributed by atoms with Crippen molar-refractivity contribution in [3.8, 4) is 11.8 Å². The van der Waals surface area contributed by atoms with Gasteiger partial charge in [0.05, 0.1) is 6.54 Å². The van der Waals surface area contributed by atoms with Gasteiger partial charge in [-0.25, -0.2) is 0 Å². The SMILES string of the molecule is CN1CCN(c2ccc(O[C@@H]3COc4nc([N+](=O)[O-])cn4C3)cc2)CC1. The van der Waals surface area contributed by atoms with Gasteiger partial charge in [0, 0.05) is 36.9 Å². The van der Waals surface area contributed by atoms with Crippen molar-refractivity contribution < 1.29 is 14.4 Å². The van der Waals surface area contributed by atoms with Gasteiger partial charge in [0.15, 0.2) is 6.10 Å². The van der Waals surface area contributed by atoms with E-state index >= 15 is 0 Å². The molecule has 1 saturated heterocycles. The van der Waals surface area contributed by atoms with Gasteiger partial charge in [0.1, 0.15) is 18.6 Å². The highest BCUT2D eigenvalue weighted by molar-refractivity contribution is 5.49. The summed E-state index contributed by atoms with van der Waals surface area (Å²) in [6, 6.07) is 8.32. The number of benzene rings is 1. The largest absolute Gasteiger partial charge is 0.485 e. The van der Waals surface area contributed by atoms with E-state index in [-0.39, 0.29) is 17.9 Å². The predicted octanol–water partition coefficient (Wildman–Crippen LogP) is 1.38. The van der Waals surface area contributed by atoms with Crippen LogP contribution in [0.2, 0.25) is 0 Å². The summed E-state index contributed by atoms with van der Waals surface area (Å²) < 4.78 is 13.1. The van der Waals surface area contributed by atoms with Crippen LogP contribution in [-0.4, -0.2) is 65.3 Å². The summed E-state index contributed by atoms with van der Waals surface area (Å²) in [5.41, 5.74) is 1.19. The molecule has 2 aliphatic heterocycles. The van der Waals surface area contributed by atoms with Crippen molar-refractivity contribution in [3.05, 3.63) is 40.6 Å². The Morgan fingerprint density at radius 2 is 1.96 bits per heavy atom. The molecule has 26 heavy (non-hydrogen) atoms. The second-order valence-electron chi connectivity index (χ2n) is 6.63. The number of aromatic nitrogens is 2. The molecular formula is C17H21N5O4. The third kappa shape index (κ3) is 3.43. The number of anilines is 1. The molecule has 0 spiro atoms. The van der Waals surface area contributed by atoms with Crippen molar-refractivity contribution >= 4 is 11.5 Å². The third-order valence-corrected chi connectivity index (χ3v) is 4.72. The average molecular weight is 359 g/mol. The Kier molecular flexibility index (Phi) is 4.37. The Bertz CT molecular complexity index is 783. The van der Waals surface area contributed by atoms with Crippen LogP contribution in [0, 0.1) is 10.1 Å². The molecule has 9 heteroatoms. The van der Waals surface area contributed by atoms with Crippen molar-refractivity contribution in [2.75, 3.05) is 44.7 Å². The van der Waals surface area contributed by atoms with Gasteiger partial charge in [-0.05, 0) is 36.2 Å². The minimum absolute atomic E-state index is 0.211. The van der Waals surface area contributed by atoms with Crippen molar-refractivity contribution in [3.63, 3.8) is 0 Å². The van der Waals surface area contributed by atoms with Gasteiger partial charge >= 0.3 is 11.8 Å². The van der Waals surface area contributed by atoms with Gasteiger partial charge in [-0.2, -0.15) is 0 Å². The molecule has 0 radical (unpaired) electrons. The number of hydrogen-bond donors (Lipinski definition) is 0. The van der Waals surface area contributed by atoms with E-state index in [2.05, 4.69) is 34.0 Å². The number of rotatable bonds is 4. The van der Waals surface area contributed by atoms with Crippen LogP contribution >= 0.6 is 0 Å². The lowest BCUT2D eigenvalue weighted by Gasteiger charge is -2.34. The first kappa shape index (κ1) is 16.6. The van der Waals surface area contributed by atoms with E-state index in [0.29, 0.717) is 13.2 Å². The van der Waals surface area contributed by atoms with E-state index in [4.69, 9.17) is 9.47 Å². The molecule has 1 atom stereocenters. The number of piperazine rings is 1. The Labute approximate surface area is 150 Å². The normalized spacial score (nSPS) is 20.3. The summed E-state index contributed by atoms with van der Waals surface area (Å²) in [6.07, 6.45) is 1.16. The molecule has 0 unspecified atom stereocenters. The Morgan fingerprint density at radius 3 is 2.65 bits per heavy atom. The number of likely N-dealkylation sites (N-methyl/N-ethyl adjacent to an activating group) is 1. The maximum atomic E-state index is 10.8. The number of nitro groups is 1. The fraction of sp³-hybridized carbons (Fsp3) is 0.471. The highest BCUT2D eigenvalue weighted by Crippen LogP contribution is 2.25. The van der Waals surface area contributed by atoms with Crippen LogP contribution in [0.25, 0.3) is 0 Å². The first-order valence-electron chi connectivity index (χ1n) is 8.63. The van der Waals surface area contributed by atoms with E-state index in [9.17, 15) is 10.1 Å². The summed E-state index contributed by atoms with van der Waals surface area (Å²) in [6.45, 7) is 4.96. The molecular weight excluding hydrogens is 338 g/mol. The van der Waals surface area contributed by atoms with Crippen LogP contribution in [-0.2, 0) is 6.54 Å². The van der Waals surface area contributed by atoms with Crippen molar-refractivity contribution in [2.24, 2.45) is 0 Å². The highest BCUT2D eigenvalue weighted by Gasteiger charge is 2.28. The quantitative estimate of drug-likeness (QED) is 0.602. The van der Waals surface area contributed by atoms with Crippen LogP contribution in [0.1, 0.15) is 0 Å². The van der Waals surface area contributed by atoms with Crippen LogP contribution in [0.5, 0.6) is 11.8 Å². The molecule has 0 N–H and O–H groups in total. The molecule has 1 aromatic carbocycles. The summed E-state index contributed by atoms with van der Waals surface area (Å²) in [7, 11) is 2.14. The maximum absolute atomic E-state index is 10.8. The first-order chi connectivity index (χ1) is 12.6. The molecule has 9 nitrogen and oxygen atoms in total. The molecule has 4 rings (SSSR count). The van der Waals surface area contributed by atoms with E-state index in [1.807, 2.05) is 12.1 Å². The molecule has 2 aromatic rings. The topological polar surface area (TPSA) is 85.9 Å². The summed E-state index contributed by atoms with van der Waals surface area (Å²) in [5, 5.41) is 10.8. The number of ether oxygens (including phenoxy) is 2. The van der Waals surface area contributed by atoms with Gasteiger partial charge < -0.3 is 29.4 Å². The summed E-state index contributed by atoms with van der Waals surface area (Å²) in [5.74, 6) is 0.548. The number of hydrogen-bond acceptors (Lipinski definition) is 7. The number of fused-ring (bicyclic) bond motifs is 1. The fourth-order valence-electron chi connectivity index (χ4n) is 3.22. The van der Waals surface area contributed by atoms with Crippen LogP contribution in [0.4, 0.5) is 11.5 Å². The van der Waals surface area contributed by atoms with Crippen molar-refractivity contribution in [1.82, 2.24) is 14.5 Å². The zero-order valence-electron chi connectivity index (χ0n) is 14.6. The smallest absolute Gasteiger partial charge is 0.414 e. The van der Waals surface area contributed by atoms with Crippen molar-refractivity contribution in [1.29, 1.82) is 0 Å². The van der Waals surface area contributed by atoms with Gasteiger partial charge in [-0.15, -0.1) is 0 Å². The van der Waals surface area contributed by atoms with Gasteiger partial charge in [-0.1, -0.05) is 0 Å². The average Bonchev–Trinajstić information content (AvgIpc) is 3.07. The number of nitrogens with zero attached hydrogens (tertiary/aromatic N) is 5. The monoisotopic (exact) mass is 359 g/mol. The van der Waals surface area contributed by atoms with E-state index in [1.54, 1.807) is 4.57 Å². The third-order valence-electron chi connectivity index (χ3n) is 4.72. The second-order valence-corrected chi connectivity index (χ2v) is 6.63. The Morgan fingerprint density at radius 1 is 1.23 bits per heavy atom. The molecule has 3 heterocycles. The molecule has 2 aliphatic rings. The lowest BCUT2D eigenvalue weighted by molar-refractivity contribution is -0.389. The van der Waals surface area contributed by atoms with Crippen LogP contribution in [0.15, 0.2) is 30.5 Å². The Balaban J connectivity index is 1.38. The first-order valence-corrected chi connectivity index (χ1v) is 8.63. The van der Waals surface area contributed by atoms with Crippen LogP contribution in [0.3, 0.4) is 0 Å². The molecule has 0 bridgehead atoms. The predicted molar refractivity (Wildman–Crippen MR) is 94.9 cm³/mol. The Hall–Kier alpha value is -2.81. The summed E-state index contributed by atoms with van der Waals surface area (Å²) >= 11 is 0. The lowest BCUT2D eigenvalue weighted by Crippen LogP contribution is -2.44. The molecule has 138 valence electrons. The lowest BCUT2D eigenvalue weighted by atomic mass is 10.2. The summed E-state index contributed by atoms with van der Waals surface area (Å²) in [4.78, 5) is 18.8. The van der Waals surface area contributed by atoms with Gasteiger partial charge in [0.25, 0.3) is 0 Å². The second kappa shape index (κ2) is 6.83. The minimum Gasteiger partial charge on any atom is -0.485 e. The molecule has 0 saturated carbocycles. The van der Waals surface area contributed by atoms with E-state index < -0.39 is 4.92 Å². The molecule has 1 fully saturated rings. The zero-order chi connectivity index (χ0) is 18.1. The van der Waals surface area contributed by atoms with Gasteiger partial charge in [-0.3, -0.25) is 4.57 Å².